The summed E-state index contributed by atoms with van der Waals surface area (Å²) in [6, 6.07) is 7.94. The number of fused-ring (bicyclic) bond motifs is 3. The molecule has 0 saturated carbocycles. The Morgan fingerprint density at radius 1 is 1.17 bits per heavy atom. The Balaban J connectivity index is 1.25. The third kappa shape index (κ3) is 4.26. The molecule has 0 aliphatic carbocycles. The maximum absolute atomic E-state index is 4.88. The minimum Gasteiger partial charge on any atom is -0.312 e. The normalized spacial score (nSPS) is 30.7. The molecule has 6 rings (SSSR count). The predicted molar refractivity (Wildman–Crippen MR) is 119 cm³/mol. The Kier molecular flexibility index (Phi) is 5.69. The largest absolute Gasteiger partial charge is 0.312 e. The average Bonchev–Trinajstić information content (AvgIpc) is 3.28. The van der Waals surface area contributed by atoms with Crippen molar-refractivity contribution in [3.63, 3.8) is 0 Å². The topological polar surface area (TPSA) is 44.3 Å². The summed E-state index contributed by atoms with van der Waals surface area (Å²) in [6.45, 7) is 8.07. The van der Waals surface area contributed by atoms with Gasteiger partial charge in [0.2, 0.25) is 0 Å². The van der Waals surface area contributed by atoms with Crippen molar-refractivity contribution in [2.45, 2.75) is 50.6 Å². The van der Waals surface area contributed by atoms with Gasteiger partial charge in [0, 0.05) is 36.8 Å². The van der Waals surface area contributed by atoms with Crippen molar-refractivity contribution in [2.75, 3.05) is 39.8 Å². The number of nitrogens with zero attached hydrogens (tertiary/aromatic N) is 4. The second-order valence-electron chi connectivity index (χ2n) is 9.23. The number of aryl methyl sites for hydroxylation is 1. The molecule has 4 aliphatic heterocycles. The number of hydrogen-bond acceptors (Lipinski definition) is 6. The van der Waals surface area contributed by atoms with Gasteiger partial charge in [-0.25, -0.2) is 9.97 Å². The molecule has 156 valence electrons. The van der Waals surface area contributed by atoms with E-state index in [-0.39, 0.29) is 0 Å². The summed E-state index contributed by atoms with van der Waals surface area (Å²) in [6.07, 6.45) is 5.20. The quantitative estimate of drug-likeness (QED) is 0.817. The lowest BCUT2D eigenvalue weighted by Crippen LogP contribution is -2.57. The number of thiophene rings is 1. The van der Waals surface area contributed by atoms with Crippen molar-refractivity contribution in [3.8, 4) is 10.6 Å². The summed E-state index contributed by atoms with van der Waals surface area (Å²) in [4.78, 5) is 16.0. The van der Waals surface area contributed by atoms with Gasteiger partial charge in [-0.1, -0.05) is 6.07 Å². The van der Waals surface area contributed by atoms with E-state index in [0.717, 1.165) is 30.5 Å². The number of nitrogens with one attached hydrogen (secondary N) is 1. The molecule has 1 unspecified atom stereocenters. The lowest BCUT2D eigenvalue weighted by Gasteiger charge is -2.50. The van der Waals surface area contributed by atoms with Gasteiger partial charge in [0.25, 0.3) is 0 Å². The van der Waals surface area contributed by atoms with Gasteiger partial charge in [-0.15, -0.1) is 11.3 Å². The van der Waals surface area contributed by atoms with Gasteiger partial charge < -0.3 is 10.2 Å². The molecule has 6 heteroatoms. The first-order chi connectivity index (χ1) is 14.2. The number of rotatable bonds is 5. The maximum Gasteiger partial charge on any atom is 0.126 e. The predicted octanol–water partition coefficient (Wildman–Crippen LogP) is 3.38. The van der Waals surface area contributed by atoms with Gasteiger partial charge in [-0.3, -0.25) is 4.90 Å². The third-order valence-electron chi connectivity index (χ3n) is 7.25. The molecule has 4 fully saturated rings. The summed E-state index contributed by atoms with van der Waals surface area (Å²) < 4.78 is 0. The van der Waals surface area contributed by atoms with Crippen LogP contribution in [0.25, 0.3) is 10.6 Å². The fourth-order valence-electron chi connectivity index (χ4n) is 5.53. The van der Waals surface area contributed by atoms with Crippen LogP contribution in [0.4, 0.5) is 0 Å². The smallest absolute Gasteiger partial charge is 0.126 e. The zero-order valence-electron chi connectivity index (χ0n) is 17.7. The molecule has 29 heavy (non-hydrogen) atoms. The fraction of sp³-hybridized carbons (Fsp3) is 0.652. The lowest BCUT2D eigenvalue weighted by molar-refractivity contribution is 0.0271. The molecule has 1 N–H and O–H groups in total. The number of piperidine rings is 4. The zero-order chi connectivity index (χ0) is 19.8. The molecule has 4 saturated heterocycles. The molecule has 0 radical (unpaired) electrons. The van der Waals surface area contributed by atoms with Crippen LogP contribution < -0.4 is 5.32 Å². The van der Waals surface area contributed by atoms with Gasteiger partial charge in [-0.05, 0) is 82.7 Å². The third-order valence-corrected chi connectivity index (χ3v) is 8.14. The van der Waals surface area contributed by atoms with Gasteiger partial charge in [0.15, 0.2) is 0 Å². The molecular formula is C23H33N5S. The SMILES string of the molecule is Cc1nc(-c2cccs2)cc([C@H]2CN3CC[C@H]2C[C@@H]3CNC2CCN(C)CC2)n1. The van der Waals surface area contributed by atoms with Crippen LogP contribution in [-0.2, 0) is 0 Å². The first-order valence-electron chi connectivity index (χ1n) is 11.2. The van der Waals surface area contributed by atoms with Crippen LogP contribution in [0.3, 0.4) is 0 Å². The standard InChI is InChI=1S/C23H33N5S/c1-16-25-21(13-22(26-16)23-4-3-11-29-23)20-15-28-10-5-17(20)12-19(28)14-24-18-6-8-27(2)9-7-18/h3-4,11,13,17-20,24H,5-10,12,14-15H2,1-2H3/t17-,19+,20-/m0/s1. The van der Waals surface area contributed by atoms with E-state index in [1.54, 1.807) is 11.3 Å². The van der Waals surface area contributed by atoms with Crippen molar-refractivity contribution in [3.05, 3.63) is 35.1 Å². The first kappa shape index (κ1) is 19.6. The van der Waals surface area contributed by atoms with Crippen molar-refractivity contribution >= 4 is 11.3 Å². The summed E-state index contributed by atoms with van der Waals surface area (Å²) in [5, 5.41) is 6.02. The molecule has 2 bridgehead atoms. The molecule has 0 amide bonds. The van der Waals surface area contributed by atoms with E-state index < -0.39 is 0 Å². The Morgan fingerprint density at radius 2 is 2.03 bits per heavy atom. The molecule has 6 heterocycles. The van der Waals surface area contributed by atoms with Crippen LogP contribution >= 0.6 is 11.3 Å². The van der Waals surface area contributed by atoms with E-state index in [4.69, 9.17) is 9.97 Å². The van der Waals surface area contributed by atoms with Crippen molar-refractivity contribution < 1.29 is 0 Å². The van der Waals surface area contributed by atoms with Crippen LogP contribution in [0.1, 0.15) is 43.1 Å². The minimum atomic E-state index is 0.559. The van der Waals surface area contributed by atoms with E-state index >= 15 is 0 Å². The summed E-state index contributed by atoms with van der Waals surface area (Å²) in [7, 11) is 2.24. The summed E-state index contributed by atoms with van der Waals surface area (Å²) >= 11 is 1.76. The highest BCUT2D eigenvalue weighted by Crippen LogP contribution is 2.42. The minimum absolute atomic E-state index is 0.559. The van der Waals surface area contributed by atoms with Crippen molar-refractivity contribution in [1.82, 2.24) is 25.1 Å². The first-order valence-corrected chi connectivity index (χ1v) is 12.1. The van der Waals surface area contributed by atoms with Crippen LogP contribution in [0.2, 0.25) is 0 Å². The Labute approximate surface area is 178 Å². The van der Waals surface area contributed by atoms with Crippen LogP contribution in [0.5, 0.6) is 0 Å². The van der Waals surface area contributed by atoms with E-state index in [9.17, 15) is 0 Å². The van der Waals surface area contributed by atoms with E-state index in [1.807, 2.05) is 6.92 Å². The summed E-state index contributed by atoms with van der Waals surface area (Å²) in [5.41, 5.74) is 2.36. The van der Waals surface area contributed by atoms with Crippen LogP contribution in [0.15, 0.2) is 23.6 Å². The fourth-order valence-corrected chi connectivity index (χ4v) is 6.22. The molecule has 0 aromatic carbocycles. The highest BCUT2D eigenvalue weighted by Gasteiger charge is 2.41. The van der Waals surface area contributed by atoms with Gasteiger partial charge >= 0.3 is 0 Å². The highest BCUT2D eigenvalue weighted by molar-refractivity contribution is 7.13. The van der Waals surface area contributed by atoms with Gasteiger partial charge in [0.1, 0.15) is 5.82 Å². The van der Waals surface area contributed by atoms with E-state index in [0.29, 0.717) is 18.0 Å². The van der Waals surface area contributed by atoms with Gasteiger partial charge in [-0.2, -0.15) is 0 Å². The number of aromatic nitrogens is 2. The molecular weight excluding hydrogens is 378 g/mol. The van der Waals surface area contributed by atoms with Crippen LogP contribution in [0, 0.1) is 12.8 Å². The molecule has 4 aliphatic rings. The van der Waals surface area contributed by atoms with Gasteiger partial charge in [0.05, 0.1) is 10.6 Å². The van der Waals surface area contributed by atoms with Crippen molar-refractivity contribution in [2.24, 2.45) is 5.92 Å². The Bertz CT molecular complexity index is 815. The number of likely N-dealkylation sites (tertiary alicyclic amines) is 1. The Hall–Kier alpha value is -1.34. The zero-order valence-corrected chi connectivity index (χ0v) is 18.5. The van der Waals surface area contributed by atoms with Crippen LogP contribution in [-0.4, -0.2) is 71.6 Å². The van der Waals surface area contributed by atoms with E-state index in [1.165, 1.54) is 55.9 Å². The second kappa shape index (κ2) is 8.42. The lowest BCUT2D eigenvalue weighted by atomic mass is 9.74. The Morgan fingerprint density at radius 3 is 2.76 bits per heavy atom. The van der Waals surface area contributed by atoms with Crippen molar-refractivity contribution in [1.29, 1.82) is 0 Å². The highest BCUT2D eigenvalue weighted by atomic mass is 32.1. The number of hydrogen-bond donors (Lipinski definition) is 1. The molecule has 4 atom stereocenters. The molecule has 2 aromatic rings. The molecule has 0 spiro atoms. The second-order valence-corrected chi connectivity index (χ2v) is 10.2. The monoisotopic (exact) mass is 411 g/mol. The summed E-state index contributed by atoms with van der Waals surface area (Å²) in [5.74, 6) is 2.22. The average molecular weight is 412 g/mol. The molecule has 5 nitrogen and oxygen atoms in total. The maximum atomic E-state index is 4.88. The van der Waals surface area contributed by atoms with E-state index in [2.05, 4.69) is 45.7 Å². The molecule has 2 aromatic heterocycles.